The van der Waals surface area contributed by atoms with E-state index >= 15 is 0 Å². The molecule has 162 valence electrons. The van der Waals surface area contributed by atoms with Gasteiger partial charge in [0.15, 0.2) is 11.5 Å². The first-order chi connectivity index (χ1) is 13.9. The minimum Gasteiger partial charge on any atom is -0.503 e. The first kappa shape index (κ1) is 21.6. The van der Waals surface area contributed by atoms with Gasteiger partial charge in [-0.3, -0.25) is 14.5 Å². The highest BCUT2D eigenvalue weighted by atomic mass is 16.5. The normalized spacial score (nSPS) is 23.2. The van der Waals surface area contributed by atoms with Gasteiger partial charge in [0.2, 0.25) is 11.8 Å². The maximum Gasteiger partial charge on any atom is 0.245 e. The van der Waals surface area contributed by atoms with Gasteiger partial charge in [0.1, 0.15) is 11.7 Å². The molecule has 1 aromatic rings. The van der Waals surface area contributed by atoms with Crippen molar-refractivity contribution in [1.29, 1.82) is 0 Å². The lowest BCUT2D eigenvalue weighted by Crippen LogP contribution is -2.48. The van der Waals surface area contributed by atoms with Crippen molar-refractivity contribution in [2.75, 3.05) is 32.7 Å². The largest absolute Gasteiger partial charge is 0.503 e. The summed E-state index contributed by atoms with van der Waals surface area (Å²) in [7, 11) is 0. The minimum absolute atomic E-state index is 0.0387. The number of carbonyl (C=O) groups is 2. The van der Waals surface area contributed by atoms with Crippen LogP contribution in [0.15, 0.2) is 4.52 Å². The van der Waals surface area contributed by atoms with Gasteiger partial charge < -0.3 is 19.4 Å². The van der Waals surface area contributed by atoms with E-state index in [1.54, 1.807) is 25.7 Å². The van der Waals surface area contributed by atoms with Crippen molar-refractivity contribution < 1.29 is 19.2 Å². The molecule has 1 aliphatic carbocycles. The van der Waals surface area contributed by atoms with E-state index in [0.717, 1.165) is 58.0 Å². The van der Waals surface area contributed by atoms with Crippen LogP contribution in [0.25, 0.3) is 0 Å². The summed E-state index contributed by atoms with van der Waals surface area (Å²) in [4.78, 5) is 30.7. The van der Waals surface area contributed by atoms with Gasteiger partial charge in [-0.15, -0.1) is 0 Å². The Hall–Kier alpha value is -2.09. The first-order valence-electron chi connectivity index (χ1n) is 10.8. The molecule has 0 radical (unpaired) electrons. The van der Waals surface area contributed by atoms with Crippen molar-refractivity contribution >= 4 is 11.8 Å². The lowest BCUT2D eigenvalue weighted by atomic mass is 9.91. The molecule has 3 aliphatic rings. The number of hydrogen-bond donors (Lipinski definition) is 1. The van der Waals surface area contributed by atoms with Crippen LogP contribution in [0.4, 0.5) is 0 Å². The number of aromatic nitrogens is 1. The van der Waals surface area contributed by atoms with E-state index in [0.29, 0.717) is 11.5 Å². The second-order valence-electron chi connectivity index (χ2n) is 8.34. The van der Waals surface area contributed by atoms with Gasteiger partial charge in [-0.1, -0.05) is 11.6 Å². The van der Waals surface area contributed by atoms with Gasteiger partial charge in [0.25, 0.3) is 0 Å². The van der Waals surface area contributed by atoms with E-state index in [4.69, 9.17) is 5.11 Å². The smallest absolute Gasteiger partial charge is 0.245 e. The zero-order valence-corrected chi connectivity index (χ0v) is 17.9. The molecule has 1 atom stereocenters. The minimum atomic E-state index is -0.197. The summed E-state index contributed by atoms with van der Waals surface area (Å²) in [6.45, 7) is 9.47. The Balaban J connectivity index is 0.000000252. The van der Waals surface area contributed by atoms with Crippen LogP contribution in [-0.2, 0) is 9.59 Å². The third-order valence-electron chi connectivity index (χ3n) is 6.37. The van der Waals surface area contributed by atoms with Crippen molar-refractivity contribution in [1.82, 2.24) is 19.9 Å². The van der Waals surface area contributed by atoms with Crippen LogP contribution in [0.5, 0.6) is 5.75 Å². The molecule has 2 amide bonds. The summed E-state index contributed by atoms with van der Waals surface area (Å²) >= 11 is 0. The molecule has 3 fully saturated rings. The van der Waals surface area contributed by atoms with Crippen molar-refractivity contribution in [2.45, 2.75) is 71.4 Å². The second-order valence-corrected chi connectivity index (χ2v) is 8.34. The molecule has 2 saturated heterocycles. The number of carbonyl (C=O) groups excluding carboxylic acids is 2. The molecule has 0 aromatic carbocycles. The Morgan fingerprint density at radius 1 is 1.00 bits per heavy atom. The summed E-state index contributed by atoms with van der Waals surface area (Å²) in [5.41, 5.74) is 0.544. The van der Waals surface area contributed by atoms with Gasteiger partial charge in [-0.2, -0.15) is 0 Å². The summed E-state index contributed by atoms with van der Waals surface area (Å²) in [6.07, 6.45) is 6.87. The predicted molar refractivity (Wildman–Crippen MR) is 108 cm³/mol. The van der Waals surface area contributed by atoms with Gasteiger partial charge in [0, 0.05) is 52.6 Å². The third kappa shape index (κ3) is 5.10. The fourth-order valence-electron chi connectivity index (χ4n) is 4.36. The van der Waals surface area contributed by atoms with Crippen LogP contribution in [0.1, 0.15) is 56.9 Å². The van der Waals surface area contributed by atoms with Gasteiger partial charge in [-0.05, 0) is 39.0 Å². The number of nitrogens with zero attached hydrogens (tertiary/aromatic N) is 4. The first-order valence-corrected chi connectivity index (χ1v) is 10.8. The van der Waals surface area contributed by atoms with E-state index in [-0.39, 0.29) is 23.6 Å². The second kappa shape index (κ2) is 9.61. The van der Waals surface area contributed by atoms with Gasteiger partial charge >= 0.3 is 0 Å². The van der Waals surface area contributed by atoms with Gasteiger partial charge in [0.05, 0.1) is 0 Å². The predicted octanol–water partition coefficient (Wildman–Crippen LogP) is 2.08. The monoisotopic (exact) mass is 406 g/mol. The van der Waals surface area contributed by atoms with E-state index < -0.39 is 0 Å². The van der Waals surface area contributed by atoms with E-state index in [1.165, 1.54) is 19.3 Å². The lowest BCUT2D eigenvalue weighted by molar-refractivity contribution is -0.142. The van der Waals surface area contributed by atoms with Crippen LogP contribution in [0.2, 0.25) is 0 Å². The summed E-state index contributed by atoms with van der Waals surface area (Å²) in [5, 5.41) is 12.4. The molecule has 1 N–H and O–H groups in total. The average Bonchev–Trinajstić information content (AvgIpc) is 3.17. The standard InChI is InChI=1S/C16H27N3O2.C5H7NO2/c1-13(20)19-10-3-7-15(19)16(21)18-9-4-8-17(11-12-18)14-5-2-6-14;1-3-5(7)4(2)8-6-3/h14-15H,2-12H2,1H3;7H,1-2H3/t15-;/m1./s1. The Bertz CT molecular complexity index is 696. The molecule has 0 bridgehead atoms. The van der Waals surface area contributed by atoms with E-state index in [2.05, 4.69) is 14.6 Å². The molecule has 29 heavy (non-hydrogen) atoms. The fourth-order valence-corrected chi connectivity index (χ4v) is 4.36. The number of aryl methyl sites for hydroxylation is 2. The summed E-state index contributed by atoms with van der Waals surface area (Å²) in [5.74, 6) is 0.849. The molecule has 4 rings (SSSR count). The van der Waals surface area contributed by atoms with Crippen LogP contribution in [-0.4, -0.2) is 81.6 Å². The highest BCUT2D eigenvalue weighted by Gasteiger charge is 2.36. The quantitative estimate of drug-likeness (QED) is 0.809. The summed E-state index contributed by atoms with van der Waals surface area (Å²) < 4.78 is 4.59. The Morgan fingerprint density at radius 2 is 1.76 bits per heavy atom. The number of likely N-dealkylation sites (tertiary alicyclic amines) is 1. The number of amides is 2. The molecule has 1 saturated carbocycles. The molecule has 1 aromatic heterocycles. The highest BCUT2D eigenvalue weighted by molar-refractivity contribution is 5.87. The van der Waals surface area contributed by atoms with E-state index in [1.807, 2.05) is 4.90 Å². The number of rotatable bonds is 2. The van der Waals surface area contributed by atoms with Crippen LogP contribution >= 0.6 is 0 Å². The Morgan fingerprint density at radius 3 is 2.28 bits per heavy atom. The highest BCUT2D eigenvalue weighted by Crippen LogP contribution is 2.26. The summed E-state index contributed by atoms with van der Waals surface area (Å²) in [6, 6.07) is 0.568. The molecule has 2 aliphatic heterocycles. The Labute approximate surface area is 172 Å². The van der Waals surface area contributed by atoms with Crippen LogP contribution in [0, 0.1) is 13.8 Å². The van der Waals surface area contributed by atoms with Crippen molar-refractivity contribution in [3.8, 4) is 5.75 Å². The third-order valence-corrected chi connectivity index (χ3v) is 6.37. The van der Waals surface area contributed by atoms with Gasteiger partial charge in [-0.25, -0.2) is 0 Å². The topological polar surface area (TPSA) is 90.1 Å². The number of aromatic hydroxyl groups is 1. The average molecular weight is 407 g/mol. The van der Waals surface area contributed by atoms with Crippen molar-refractivity contribution in [2.24, 2.45) is 0 Å². The number of hydrogen-bond acceptors (Lipinski definition) is 6. The van der Waals surface area contributed by atoms with E-state index in [9.17, 15) is 9.59 Å². The zero-order chi connectivity index (χ0) is 21.0. The zero-order valence-electron chi connectivity index (χ0n) is 17.9. The molecule has 0 unspecified atom stereocenters. The van der Waals surface area contributed by atoms with Crippen molar-refractivity contribution in [3.63, 3.8) is 0 Å². The fraction of sp³-hybridized carbons (Fsp3) is 0.762. The van der Waals surface area contributed by atoms with Crippen LogP contribution in [0.3, 0.4) is 0 Å². The lowest BCUT2D eigenvalue weighted by Gasteiger charge is -2.36. The maximum atomic E-state index is 12.7. The van der Waals surface area contributed by atoms with Crippen molar-refractivity contribution in [3.05, 3.63) is 11.5 Å². The molecule has 8 nitrogen and oxygen atoms in total. The molecule has 0 spiro atoms. The molecular weight excluding hydrogens is 372 g/mol. The SMILES string of the molecule is CC(=O)N1CCC[C@@H]1C(=O)N1CCCN(C2CCC2)CC1.Cc1noc(C)c1O. The molecule has 3 heterocycles. The molecular formula is C21H34N4O4. The molecule has 8 heteroatoms. The maximum absolute atomic E-state index is 12.7. The Kier molecular flexibility index (Phi) is 7.16. The van der Waals surface area contributed by atoms with Crippen LogP contribution < -0.4 is 0 Å².